The number of hydrogen-bond donors (Lipinski definition) is 1. The number of anilines is 1. The molecular formula is C15H20F3NO2. The van der Waals surface area contributed by atoms with Crippen molar-refractivity contribution in [2.75, 3.05) is 11.9 Å². The predicted octanol–water partition coefficient (Wildman–Crippen LogP) is 4.48. The third-order valence-electron chi connectivity index (χ3n) is 2.64. The van der Waals surface area contributed by atoms with Gasteiger partial charge in [-0.05, 0) is 30.5 Å². The molecule has 3 nitrogen and oxygen atoms in total. The van der Waals surface area contributed by atoms with Crippen LogP contribution in [-0.4, -0.2) is 12.5 Å². The van der Waals surface area contributed by atoms with Crippen LogP contribution in [0.3, 0.4) is 0 Å². The topological polar surface area (TPSA) is 38.3 Å². The van der Waals surface area contributed by atoms with Gasteiger partial charge in [0.1, 0.15) is 5.75 Å². The van der Waals surface area contributed by atoms with Gasteiger partial charge in [0, 0.05) is 6.42 Å². The van der Waals surface area contributed by atoms with Crippen molar-refractivity contribution in [1.82, 2.24) is 0 Å². The first kappa shape index (κ1) is 17.3. The standard InChI is InChI=1S/C15H20F3NO2/c1-4-7-21-13-6-5-11(15(16,17)18)9-12(13)19-14(20)8-10(2)3/h5-6,9-10H,4,7-8H2,1-3H3,(H,19,20). The van der Waals surface area contributed by atoms with Crippen molar-refractivity contribution in [3.05, 3.63) is 23.8 Å². The van der Waals surface area contributed by atoms with Gasteiger partial charge in [0.25, 0.3) is 0 Å². The number of hydrogen-bond acceptors (Lipinski definition) is 2. The Kier molecular flexibility index (Phi) is 6.05. The molecular weight excluding hydrogens is 283 g/mol. The van der Waals surface area contributed by atoms with Gasteiger partial charge in [0.05, 0.1) is 17.9 Å². The normalized spacial score (nSPS) is 11.6. The van der Waals surface area contributed by atoms with E-state index in [-0.39, 0.29) is 29.7 Å². The van der Waals surface area contributed by atoms with Crippen molar-refractivity contribution in [3.63, 3.8) is 0 Å². The molecule has 118 valence electrons. The van der Waals surface area contributed by atoms with Crippen molar-refractivity contribution < 1.29 is 22.7 Å². The number of benzene rings is 1. The Balaban J connectivity index is 3.01. The van der Waals surface area contributed by atoms with Crippen molar-refractivity contribution in [2.45, 2.75) is 39.8 Å². The Morgan fingerprint density at radius 2 is 2.00 bits per heavy atom. The second-order valence-electron chi connectivity index (χ2n) is 5.20. The lowest BCUT2D eigenvalue weighted by Crippen LogP contribution is -2.16. The molecule has 1 rings (SSSR count). The Morgan fingerprint density at radius 3 is 2.52 bits per heavy atom. The average molecular weight is 303 g/mol. The van der Waals surface area contributed by atoms with E-state index in [0.717, 1.165) is 18.6 Å². The fourth-order valence-electron chi connectivity index (χ4n) is 1.71. The third kappa shape index (κ3) is 5.65. The molecule has 0 atom stereocenters. The van der Waals surface area contributed by atoms with Crippen LogP contribution >= 0.6 is 0 Å². The highest BCUT2D eigenvalue weighted by atomic mass is 19.4. The fraction of sp³-hybridized carbons (Fsp3) is 0.533. The highest BCUT2D eigenvalue weighted by molar-refractivity contribution is 5.92. The molecule has 0 radical (unpaired) electrons. The number of nitrogens with one attached hydrogen (secondary N) is 1. The molecule has 0 spiro atoms. The lowest BCUT2D eigenvalue weighted by atomic mass is 10.1. The van der Waals surface area contributed by atoms with E-state index in [4.69, 9.17) is 4.74 Å². The van der Waals surface area contributed by atoms with Gasteiger partial charge >= 0.3 is 6.18 Å². The highest BCUT2D eigenvalue weighted by Gasteiger charge is 2.31. The summed E-state index contributed by atoms with van der Waals surface area (Å²) in [6.07, 6.45) is -3.50. The molecule has 0 saturated carbocycles. The average Bonchev–Trinajstić information content (AvgIpc) is 2.35. The Bertz CT molecular complexity index is 484. The first-order chi connectivity index (χ1) is 9.74. The first-order valence-electron chi connectivity index (χ1n) is 6.88. The van der Waals surface area contributed by atoms with E-state index in [1.165, 1.54) is 6.07 Å². The molecule has 0 aliphatic heterocycles. The molecule has 0 bridgehead atoms. The Hall–Kier alpha value is -1.72. The number of carbonyl (C=O) groups excluding carboxylic acids is 1. The maximum absolute atomic E-state index is 12.7. The summed E-state index contributed by atoms with van der Waals surface area (Å²) >= 11 is 0. The smallest absolute Gasteiger partial charge is 0.416 e. The maximum Gasteiger partial charge on any atom is 0.416 e. The van der Waals surface area contributed by atoms with Gasteiger partial charge in [-0.3, -0.25) is 4.79 Å². The van der Waals surface area contributed by atoms with Crippen molar-refractivity contribution in [1.29, 1.82) is 0 Å². The van der Waals surface area contributed by atoms with E-state index >= 15 is 0 Å². The van der Waals surface area contributed by atoms with E-state index in [2.05, 4.69) is 5.32 Å². The summed E-state index contributed by atoms with van der Waals surface area (Å²) in [5.74, 6) is 0.0449. The Morgan fingerprint density at radius 1 is 1.33 bits per heavy atom. The van der Waals surface area contributed by atoms with Gasteiger partial charge in [-0.15, -0.1) is 0 Å². The quantitative estimate of drug-likeness (QED) is 0.841. The lowest BCUT2D eigenvalue weighted by molar-refractivity contribution is -0.137. The van der Waals surface area contributed by atoms with Crippen LogP contribution in [0.1, 0.15) is 39.2 Å². The van der Waals surface area contributed by atoms with E-state index in [1.807, 2.05) is 20.8 Å². The first-order valence-corrected chi connectivity index (χ1v) is 6.88. The van der Waals surface area contributed by atoms with Crippen LogP contribution in [0, 0.1) is 5.92 Å². The van der Waals surface area contributed by atoms with E-state index in [0.29, 0.717) is 6.61 Å². The summed E-state index contributed by atoms with van der Waals surface area (Å²) in [4.78, 5) is 11.8. The van der Waals surface area contributed by atoms with Crippen molar-refractivity contribution in [3.8, 4) is 5.75 Å². The van der Waals surface area contributed by atoms with Crippen LogP contribution in [0.4, 0.5) is 18.9 Å². The molecule has 0 aliphatic carbocycles. The number of amides is 1. The minimum Gasteiger partial charge on any atom is -0.491 e. The largest absolute Gasteiger partial charge is 0.491 e. The van der Waals surface area contributed by atoms with Crippen LogP contribution in [0.25, 0.3) is 0 Å². The summed E-state index contributed by atoms with van der Waals surface area (Å²) in [6, 6.07) is 3.09. The molecule has 0 saturated heterocycles. The zero-order chi connectivity index (χ0) is 16.0. The monoisotopic (exact) mass is 303 g/mol. The number of rotatable bonds is 6. The minimum atomic E-state index is -4.46. The number of alkyl halides is 3. The fourth-order valence-corrected chi connectivity index (χ4v) is 1.71. The summed E-state index contributed by atoms with van der Waals surface area (Å²) in [6.45, 7) is 5.99. The molecule has 0 unspecified atom stereocenters. The van der Waals surface area contributed by atoms with Gasteiger partial charge in [0.15, 0.2) is 0 Å². The van der Waals surface area contributed by atoms with Gasteiger partial charge in [0.2, 0.25) is 5.91 Å². The minimum absolute atomic E-state index is 0.0592. The molecule has 0 fully saturated rings. The molecule has 1 aromatic rings. The summed E-state index contributed by atoms with van der Waals surface area (Å²) in [7, 11) is 0. The molecule has 0 aliphatic rings. The maximum atomic E-state index is 12.7. The zero-order valence-corrected chi connectivity index (χ0v) is 12.4. The van der Waals surface area contributed by atoms with Crippen molar-refractivity contribution >= 4 is 11.6 Å². The molecule has 0 aromatic heterocycles. The second-order valence-corrected chi connectivity index (χ2v) is 5.20. The van der Waals surface area contributed by atoms with Gasteiger partial charge < -0.3 is 10.1 Å². The number of halogens is 3. The van der Waals surface area contributed by atoms with E-state index in [9.17, 15) is 18.0 Å². The number of ether oxygens (including phenoxy) is 1. The molecule has 1 N–H and O–H groups in total. The van der Waals surface area contributed by atoms with Gasteiger partial charge in [-0.25, -0.2) is 0 Å². The predicted molar refractivity (Wildman–Crippen MR) is 75.3 cm³/mol. The van der Waals surface area contributed by atoms with Crippen LogP contribution in [0.5, 0.6) is 5.75 Å². The zero-order valence-electron chi connectivity index (χ0n) is 12.4. The van der Waals surface area contributed by atoms with Crippen LogP contribution in [0.2, 0.25) is 0 Å². The van der Waals surface area contributed by atoms with Crippen LogP contribution in [-0.2, 0) is 11.0 Å². The second kappa shape index (κ2) is 7.33. The van der Waals surface area contributed by atoms with Gasteiger partial charge in [-0.1, -0.05) is 20.8 Å². The van der Waals surface area contributed by atoms with Gasteiger partial charge in [-0.2, -0.15) is 13.2 Å². The highest BCUT2D eigenvalue weighted by Crippen LogP contribution is 2.35. The summed E-state index contributed by atoms with van der Waals surface area (Å²) < 4.78 is 43.6. The Labute approximate surface area is 122 Å². The van der Waals surface area contributed by atoms with E-state index < -0.39 is 11.7 Å². The molecule has 6 heteroatoms. The van der Waals surface area contributed by atoms with Crippen LogP contribution < -0.4 is 10.1 Å². The summed E-state index contributed by atoms with van der Waals surface area (Å²) in [5, 5.41) is 2.50. The molecule has 21 heavy (non-hydrogen) atoms. The van der Waals surface area contributed by atoms with Crippen molar-refractivity contribution in [2.24, 2.45) is 5.92 Å². The SMILES string of the molecule is CCCOc1ccc(C(F)(F)F)cc1NC(=O)CC(C)C. The molecule has 1 aromatic carbocycles. The third-order valence-corrected chi connectivity index (χ3v) is 2.64. The summed E-state index contributed by atoms with van der Waals surface area (Å²) in [5.41, 5.74) is -0.755. The molecule has 1 amide bonds. The van der Waals surface area contributed by atoms with Crippen LogP contribution in [0.15, 0.2) is 18.2 Å². The number of carbonyl (C=O) groups is 1. The molecule has 0 heterocycles. The van der Waals surface area contributed by atoms with E-state index in [1.54, 1.807) is 0 Å². The lowest BCUT2D eigenvalue weighted by Gasteiger charge is -2.15.